The van der Waals surface area contributed by atoms with E-state index in [2.05, 4.69) is 171 Å². The Bertz CT molecular complexity index is 1240. The number of nitrogens with zero attached hydrogens (tertiary/aromatic N) is 11. The van der Waals surface area contributed by atoms with Gasteiger partial charge in [-0.25, -0.2) is 0 Å². The van der Waals surface area contributed by atoms with Gasteiger partial charge in [-0.15, -0.1) is 0 Å². The molecule has 53 heavy (non-hydrogen) atoms. The van der Waals surface area contributed by atoms with Gasteiger partial charge in [-0.2, -0.15) is 0 Å². The molecule has 6 unspecified atom stereocenters. The van der Waals surface area contributed by atoms with E-state index in [-0.39, 0.29) is 70.9 Å². The van der Waals surface area contributed by atoms with Crippen molar-refractivity contribution in [3.63, 3.8) is 0 Å². The third-order valence-corrected chi connectivity index (χ3v) is 10.4. The zero-order chi connectivity index (χ0) is 36.2. The van der Waals surface area contributed by atoms with E-state index >= 15 is 0 Å². The predicted molar refractivity (Wildman–Crippen MR) is 229 cm³/mol. The fourth-order valence-electron chi connectivity index (χ4n) is 7.63. The molecule has 9 aliphatic heterocycles. The summed E-state index contributed by atoms with van der Waals surface area (Å²) in [6, 6.07) is 0. The summed E-state index contributed by atoms with van der Waals surface area (Å²) in [5.74, 6) is 0. The van der Waals surface area contributed by atoms with Gasteiger partial charge in [0.25, 0.3) is 120 Å². The molecular weight excluding hydrogens is 656 g/mol. The molecule has 0 aromatic heterocycles. The Balaban J connectivity index is 1.04. The summed E-state index contributed by atoms with van der Waals surface area (Å²) in [5.41, 5.74) is 0. The molecule has 13 N–H and O–H groups in total. The van der Waals surface area contributed by atoms with E-state index in [1.165, 1.54) is 0 Å². The highest BCUT2D eigenvalue weighted by Gasteiger charge is 2.54. The molecule has 12 bridgehead atoms. The molecule has 9 saturated heterocycles. The van der Waals surface area contributed by atoms with Crippen molar-refractivity contribution < 1.29 is 0 Å². The molecule has 9 aliphatic rings. The molecule has 6 atom stereocenters. The molecule has 9 rings (SSSR count). The lowest BCUT2D eigenvalue weighted by Gasteiger charge is -2.54. The van der Waals surface area contributed by atoms with E-state index < -0.39 is 0 Å². The van der Waals surface area contributed by atoms with Crippen LogP contribution in [-0.2, 0) is 0 Å². The lowest BCUT2D eigenvalue weighted by molar-refractivity contribution is 0.605. The van der Waals surface area contributed by atoms with E-state index in [4.69, 9.17) is 0 Å². The first kappa shape index (κ1) is 39.1. The quantitative estimate of drug-likeness (QED) is 0.108. The minimum atomic E-state index is -0.302. The molecule has 0 spiro atoms. The van der Waals surface area contributed by atoms with Crippen molar-refractivity contribution >= 4 is 177 Å². The second kappa shape index (κ2) is 17.1. The summed E-state index contributed by atoms with van der Waals surface area (Å²) in [5, 5.41) is 46.0. The van der Waals surface area contributed by atoms with Crippen LogP contribution in [0.3, 0.4) is 0 Å². The summed E-state index contributed by atoms with van der Waals surface area (Å²) in [6.45, 7) is 4.33. The van der Waals surface area contributed by atoms with Crippen LogP contribution >= 0.6 is 0 Å². The van der Waals surface area contributed by atoms with Gasteiger partial charge in [0.2, 0.25) is 0 Å². The van der Waals surface area contributed by atoms with Crippen LogP contribution in [-0.4, -0.2) is 249 Å². The number of rotatable bonds is 0. The topological polar surface area (TPSA) is 192 Å². The first-order chi connectivity index (χ1) is 25.8. The molecule has 0 aromatic rings. The normalized spacial score (nSPS) is 34.5. The first-order valence-corrected chi connectivity index (χ1v) is 17.7. The van der Waals surface area contributed by atoms with Crippen LogP contribution < -0.4 is 66.8 Å². The zero-order valence-corrected chi connectivity index (χ0v) is 30.3. The van der Waals surface area contributed by atoms with Crippen LogP contribution in [0.4, 0.5) is 0 Å². The number of hydrogen-bond acceptors (Lipinski definition) is 24. The van der Waals surface area contributed by atoms with Crippen LogP contribution in [0.1, 0.15) is 0 Å². The van der Waals surface area contributed by atoms with Gasteiger partial charge in [0.05, 0.1) is 0 Å². The molecule has 9 heterocycles. The van der Waals surface area contributed by atoms with Crippen LogP contribution in [0.2, 0.25) is 13.6 Å². The van der Waals surface area contributed by atoms with E-state index in [1.54, 1.807) is 0 Å². The van der Waals surface area contributed by atoms with E-state index in [1.807, 2.05) is 87.3 Å². The van der Waals surface area contributed by atoms with Gasteiger partial charge in [-0.1, -0.05) is 13.6 Å². The van der Waals surface area contributed by atoms with Crippen molar-refractivity contribution in [1.29, 1.82) is 0 Å². The largest absolute Gasteiger partial charge is 0.381 e. The van der Waals surface area contributed by atoms with Crippen molar-refractivity contribution in [2.24, 2.45) is 0 Å². The van der Waals surface area contributed by atoms with Crippen LogP contribution in [0.5, 0.6) is 0 Å². The Labute approximate surface area is 328 Å². The summed E-state index contributed by atoms with van der Waals surface area (Å²) >= 11 is 0. The maximum atomic E-state index is 3.87. The molecule has 0 aliphatic carbocycles. The Morgan fingerprint density at radius 1 is 0.434 bits per heavy atom. The molecule has 48 heteroatoms. The number of nitrogens with one attached hydrogen (secondary N) is 13. The van der Waals surface area contributed by atoms with E-state index in [0.29, 0.717) is 0 Å². The average Bonchev–Trinajstić information content (AvgIpc) is 3.18. The van der Waals surface area contributed by atoms with Gasteiger partial charge in [-0.3, -0.25) is 0 Å². The molecule has 0 aromatic carbocycles. The molecule has 14 radical (unpaired) electrons. The molecule has 9 fully saturated rings. The van der Waals surface area contributed by atoms with Crippen molar-refractivity contribution in [1.82, 2.24) is 118 Å². The highest BCUT2D eigenvalue weighted by Crippen LogP contribution is 2.15. The molecular formula is C5H28B24N24. The summed E-state index contributed by atoms with van der Waals surface area (Å²) in [6.07, 6.45) is 0. The second-order valence-electron chi connectivity index (χ2n) is 14.0. The smallest absolute Gasteiger partial charge is 0.359 e. The minimum Gasteiger partial charge on any atom is -0.381 e. The monoisotopic (exact) mass is 689 g/mol. The lowest BCUT2D eigenvalue weighted by atomic mass is 9.43. The summed E-state index contributed by atoms with van der Waals surface area (Å²) in [4.78, 5) is 0. The minimum absolute atomic E-state index is 0.0270. The van der Waals surface area contributed by atoms with Crippen molar-refractivity contribution in [3.8, 4) is 0 Å². The second-order valence-corrected chi connectivity index (χ2v) is 14.0. The van der Waals surface area contributed by atoms with Crippen LogP contribution in [0.25, 0.3) is 0 Å². The standard InChI is InChI=1S/C5H28B24N24/c1-20-33-6-38-27-48-12-31-10-46(17-48)22-34-7-36-24(40-22)50-15-43(3)16-51(19-50)29-44(4)9-30-14-52(29)25-37-8-35-23(41-25)47-11-32-13-49(18-47)28-42-26(53(20)27)39-21(2)45(28)5/h30-42H,1-5H3. The van der Waals surface area contributed by atoms with Crippen molar-refractivity contribution in [2.75, 3.05) is 21.1 Å². The van der Waals surface area contributed by atoms with Gasteiger partial charge < -0.3 is 118 Å². The molecule has 0 saturated carbocycles. The number of fused-ring (bicyclic) bond motifs is 22. The first-order valence-electron chi connectivity index (χ1n) is 17.7. The van der Waals surface area contributed by atoms with Crippen LogP contribution in [0, 0.1) is 0 Å². The van der Waals surface area contributed by atoms with E-state index in [0.717, 1.165) is 0 Å². The third-order valence-electron chi connectivity index (χ3n) is 10.4. The molecule has 24 nitrogen and oxygen atoms in total. The van der Waals surface area contributed by atoms with E-state index in [9.17, 15) is 0 Å². The summed E-state index contributed by atoms with van der Waals surface area (Å²) < 4.78 is 23.7. The van der Waals surface area contributed by atoms with Crippen molar-refractivity contribution in [2.45, 2.75) is 13.6 Å². The Kier molecular flexibility index (Phi) is 12.6. The SMILES string of the molecule is CB1NB2NB(N3[B]N[B]N([B]3)B3N[B]NB(N3)N3[B]N[B]N(C)B3N3[B]N(C)[B]N([B]3)B3N[B]NB(N3)N3[B]N[B]N([B]3)B3N[B]NB(C)N23)N1C. The van der Waals surface area contributed by atoms with Gasteiger partial charge >= 0.3 is 56.9 Å². The average molecular weight is 684 g/mol. The molecule has 0 amide bonds. The number of hydrogen-bond donors (Lipinski definition) is 13. The Morgan fingerprint density at radius 2 is 1.00 bits per heavy atom. The maximum absolute atomic E-state index is 3.87. The molecule has 240 valence electrons. The Hall–Kier alpha value is 0.598. The fraction of sp³-hybridized carbons (Fsp3) is 1.00. The van der Waals surface area contributed by atoms with Gasteiger partial charge in [-0.05, 0) is 21.1 Å². The highest BCUT2D eigenvalue weighted by atomic mass is 15.4. The van der Waals surface area contributed by atoms with Gasteiger partial charge in [0, 0.05) is 0 Å². The Morgan fingerprint density at radius 3 is 1.74 bits per heavy atom. The van der Waals surface area contributed by atoms with Crippen LogP contribution in [0.15, 0.2) is 0 Å². The predicted octanol–water partition coefficient (Wildman–Crippen LogP) is -17.4. The zero-order valence-electron chi connectivity index (χ0n) is 30.3. The fourth-order valence-corrected chi connectivity index (χ4v) is 7.63. The third kappa shape index (κ3) is 8.14. The lowest BCUT2D eigenvalue weighted by Crippen LogP contribution is -2.92. The summed E-state index contributed by atoms with van der Waals surface area (Å²) in [7, 11) is 31.8. The van der Waals surface area contributed by atoms with Gasteiger partial charge in [0.1, 0.15) is 0 Å². The van der Waals surface area contributed by atoms with Crippen molar-refractivity contribution in [3.05, 3.63) is 0 Å². The van der Waals surface area contributed by atoms with Gasteiger partial charge in [0.15, 0.2) is 0 Å². The maximum Gasteiger partial charge on any atom is 0.359 e. The highest BCUT2D eigenvalue weighted by molar-refractivity contribution is 7.02.